The van der Waals surface area contributed by atoms with E-state index in [4.69, 9.17) is 10.5 Å². The maximum Gasteiger partial charge on any atom is 0.123 e. The zero-order chi connectivity index (χ0) is 12.3. The number of hydrogen-bond acceptors (Lipinski definition) is 3. The summed E-state index contributed by atoms with van der Waals surface area (Å²) in [5.74, 6) is 1.06. The highest BCUT2D eigenvalue weighted by Gasteiger charge is 2.23. The molecule has 0 saturated carbocycles. The highest BCUT2D eigenvalue weighted by atomic mass is 19.1. The summed E-state index contributed by atoms with van der Waals surface area (Å²) in [5, 5.41) is 3.41. The van der Waals surface area contributed by atoms with Gasteiger partial charge in [0, 0.05) is 11.6 Å². The third kappa shape index (κ3) is 2.76. The molecule has 1 fully saturated rings. The molecule has 0 aromatic heterocycles. The molecule has 4 heteroatoms. The molecule has 2 atom stereocenters. The van der Waals surface area contributed by atoms with Gasteiger partial charge in [0.2, 0.25) is 0 Å². The number of halogens is 1. The summed E-state index contributed by atoms with van der Waals surface area (Å²) in [6, 6.07) is 4.83. The third-order valence-corrected chi connectivity index (χ3v) is 3.42. The molecular formula is C13H19FN2O. The number of nitrogens with one attached hydrogen (secondary N) is 1. The zero-order valence-electron chi connectivity index (χ0n) is 10.1. The molecule has 1 saturated heterocycles. The normalized spacial score (nSPS) is 24.6. The van der Waals surface area contributed by atoms with E-state index < -0.39 is 0 Å². The van der Waals surface area contributed by atoms with E-state index in [1.54, 1.807) is 19.2 Å². The molecule has 3 N–H and O–H groups in total. The average Bonchev–Trinajstić information content (AvgIpc) is 2.39. The molecule has 1 heterocycles. The van der Waals surface area contributed by atoms with Crippen LogP contribution in [0.25, 0.3) is 0 Å². The van der Waals surface area contributed by atoms with E-state index in [0.717, 1.165) is 30.7 Å². The Hall–Kier alpha value is -1.13. The minimum Gasteiger partial charge on any atom is -0.496 e. The number of methoxy groups -OCH3 is 1. The number of benzene rings is 1. The molecule has 3 nitrogen and oxygen atoms in total. The van der Waals surface area contributed by atoms with Crippen molar-refractivity contribution in [3.05, 3.63) is 29.6 Å². The van der Waals surface area contributed by atoms with Crippen LogP contribution < -0.4 is 15.8 Å². The fourth-order valence-corrected chi connectivity index (χ4v) is 2.36. The van der Waals surface area contributed by atoms with Crippen LogP contribution in [0.1, 0.15) is 24.4 Å². The molecule has 0 aliphatic carbocycles. The quantitative estimate of drug-likeness (QED) is 0.844. The topological polar surface area (TPSA) is 47.3 Å². The molecular weight excluding hydrogens is 219 g/mol. The van der Waals surface area contributed by atoms with Gasteiger partial charge in [-0.05, 0) is 50.0 Å². The Balaban J connectivity index is 2.14. The van der Waals surface area contributed by atoms with Gasteiger partial charge >= 0.3 is 0 Å². The summed E-state index contributed by atoms with van der Waals surface area (Å²) in [4.78, 5) is 0. The van der Waals surface area contributed by atoms with Crippen LogP contribution in [0.4, 0.5) is 4.39 Å². The van der Waals surface area contributed by atoms with Crippen molar-refractivity contribution in [3.8, 4) is 5.75 Å². The summed E-state index contributed by atoms with van der Waals surface area (Å²) in [6.07, 6.45) is 2.05. The van der Waals surface area contributed by atoms with Gasteiger partial charge in [0.1, 0.15) is 11.6 Å². The van der Waals surface area contributed by atoms with Gasteiger partial charge in [-0.3, -0.25) is 0 Å². The molecule has 0 radical (unpaired) electrons. The predicted octanol–water partition coefficient (Wildman–Crippen LogP) is 1.83. The summed E-state index contributed by atoms with van der Waals surface area (Å²) >= 11 is 0. The van der Waals surface area contributed by atoms with E-state index >= 15 is 0 Å². The van der Waals surface area contributed by atoms with E-state index in [1.165, 1.54) is 6.07 Å². The monoisotopic (exact) mass is 238 g/mol. The molecule has 94 valence electrons. The Bertz CT molecular complexity index is 376. The molecule has 0 bridgehead atoms. The van der Waals surface area contributed by atoms with Crippen LogP contribution in [-0.2, 0) is 0 Å². The number of rotatable bonds is 3. The first-order valence-electron chi connectivity index (χ1n) is 6.01. The lowest BCUT2D eigenvalue weighted by atomic mass is 9.90. The van der Waals surface area contributed by atoms with Crippen molar-refractivity contribution in [2.24, 2.45) is 11.7 Å². The Labute approximate surface area is 101 Å². The average molecular weight is 238 g/mol. The van der Waals surface area contributed by atoms with Crippen LogP contribution in [-0.4, -0.2) is 20.2 Å². The van der Waals surface area contributed by atoms with Crippen molar-refractivity contribution in [1.82, 2.24) is 5.32 Å². The summed E-state index contributed by atoms with van der Waals surface area (Å²) in [6.45, 7) is 1.60. The van der Waals surface area contributed by atoms with Gasteiger partial charge in [-0.25, -0.2) is 4.39 Å². The molecule has 1 aromatic rings. The molecule has 0 amide bonds. The molecule has 1 aromatic carbocycles. The Morgan fingerprint density at radius 1 is 1.47 bits per heavy atom. The molecule has 0 spiro atoms. The van der Waals surface area contributed by atoms with Gasteiger partial charge in [0.05, 0.1) is 7.11 Å². The van der Waals surface area contributed by atoms with Gasteiger partial charge in [-0.15, -0.1) is 0 Å². The summed E-state index contributed by atoms with van der Waals surface area (Å²) < 4.78 is 18.6. The third-order valence-electron chi connectivity index (χ3n) is 3.42. The van der Waals surface area contributed by atoms with Crippen LogP contribution in [0.3, 0.4) is 0 Å². The van der Waals surface area contributed by atoms with Crippen molar-refractivity contribution in [1.29, 1.82) is 0 Å². The maximum absolute atomic E-state index is 13.3. The largest absolute Gasteiger partial charge is 0.496 e. The van der Waals surface area contributed by atoms with Crippen LogP contribution >= 0.6 is 0 Å². The molecule has 1 aliphatic heterocycles. The highest BCUT2D eigenvalue weighted by molar-refractivity contribution is 5.36. The fourth-order valence-electron chi connectivity index (χ4n) is 2.36. The van der Waals surface area contributed by atoms with Crippen LogP contribution in [0.15, 0.2) is 18.2 Å². The Kier molecular flexibility index (Phi) is 3.97. The SMILES string of the molecule is COc1ccc(F)cc1C1CCC(CN)CN1. The van der Waals surface area contributed by atoms with Crippen LogP contribution in [0.2, 0.25) is 0 Å². The first-order valence-corrected chi connectivity index (χ1v) is 6.01. The lowest BCUT2D eigenvalue weighted by Gasteiger charge is -2.30. The van der Waals surface area contributed by atoms with Crippen LogP contribution in [0, 0.1) is 11.7 Å². The van der Waals surface area contributed by atoms with E-state index in [9.17, 15) is 4.39 Å². The second-order valence-electron chi connectivity index (χ2n) is 4.53. The predicted molar refractivity (Wildman–Crippen MR) is 65.5 cm³/mol. The summed E-state index contributed by atoms with van der Waals surface area (Å²) in [5.41, 5.74) is 6.55. The number of piperidine rings is 1. The number of nitrogens with two attached hydrogens (primary N) is 1. The van der Waals surface area contributed by atoms with Gasteiger partial charge in [-0.2, -0.15) is 0 Å². The second kappa shape index (κ2) is 5.47. The minimum absolute atomic E-state index is 0.170. The highest BCUT2D eigenvalue weighted by Crippen LogP contribution is 2.32. The smallest absolute Gasteiger partial charge is 0.123 e. The standard InChI is InChI=1S/C13H19FN2O/c1-17-13-5-3-10(14)6-11(13)12-4-2-9(7-15)8-16-12/h3,5-6,9,12,16H,2,4,7-8,15H2,1H3. The Morgan fingerprint density at radius 2 is 2.29 bits per heavy atom. The van der Waals surface area contributed by atoms with Crippen molar-refractivity contribution in [2.45, 2.75) is 18.9 Å². The molecule has 2 rings (SSSR count). The fraction of sp³-hybridized carbons (Fsp3) is 0.538. The zero-order valence-corrected chi connectivity index (χ0v) is 10.1. The van der Waals surface area contributed by atoms with Gasteiger partial charge in [0.25, 0.3) is 0 Å². The number of ether oxygens (including phenoxy) is 1. The lowest BCUT2D eigenvalue weighted by Crippen LogP contribution is -2.36. The molecule has 2 unspecified atom stereocenters. The van der Waals surface area contributed by atoms with Crippen molar-refractivity contribution >= 4 is 0 Å². The Morgan fingerprint density at radius 3 is 2.88 bits per heavy atom. The molecule has 1 aliphatic rings. The summed E-state index contributed by atoms with van der Waals surface area (Å²) in [7, 11) is 1.61. The van der Waals surface area contributed by atoms with Crippen molar-refractivity contribution in [3.63, 3.8) is 0 Å². The first kappa shape index (κ1) is 12.3. The van der Waals surface area contributed by atoms with Gasteiger partial charge < -0.3 is 15.8 Å². The van der Waals surface area contributed by atoms with E-state index in [1.807, 2.05) is 0 Å². The maximum atomic E-state index is 13.3. The van der Waals surface area contributed by atoms with Crippen LogP contribution in [0.5, 0.6) is 5.75 Å². The minimum atomic E-state index is -0.219. The van der Waals surface area contributed by atoms with Crippen molar-refractivity contribution in [2.75, 3.05) is 20.2 Å². The second-order valence-corrected chi connectivity index (χ2v) is 4.53. The van der Waals surface area contributed by atoms with Gasteiger partial charge in [0.15, 0.2) is 0 Å². The number of hydrogen-bond donors (Lipinski definition) is 2. The van der Waals surface area contributed by atoms with Gasteiger partial charge in [-0.1, -0.05) is 0 Å². The van der Waals surface area contributed by atoms with Crippen molar-refractivity contribution < 1.29 is 9.13 Å². The first-order chi connectivity index (χ1) is 8.24. The lowest BCUT2D eigenvalue weighted by molar-refractivity contribution is 0.310. The van der Waals surface area contributed by atoms with E-state index in [0.29, 0.717) is 12.5 Å². The molecule has 17 heavy (non-hydrogen) atoms. The van der Waals surface area contributed by atoms with E-state index in [2.05, 4.69) is 5.32 Å². The van der Waals surface area contributed by atoms with E-state index in [-0.39, 0.29) is 11.9 Å².